The molecule has 0 aliphatic rings. The zero-order valence-corrected chi connectivity index (χ0v) is 11.9. The molecule has 0 aromatic heterocycles. The lowest BCUT2D eigenvalue weighted by Crippen LogP contribution is -2.06. The topological polar surface area (TPSA) is 45.0 Å². The summed E-state index contributed by atoms with van der Waals surface area (Å²) in [5.41, 5.74) is 2.70. The van der Waals surface area contributed by atoms with Crippen LogP contribution in [-0.2, 0) is 17.9 Å². The van der Waals surface area contributed by atoms with Crippen LogP contribution in [0.25, 0.3) is 0 Å². The Labute approximate surface area is 124 Å². The molecule has 0 heterocycles. The summed E-state index contributed by atoms with van der Waals surface area (Å²) >= 11 is 0. The molecule has 21 heavy (non-hydrogen) atoms. The van der Waals surface area contributed by atoms with Gasteiger partial charge in [-0.1, -0.05) is 30.3 Å². The number of nitrogens with one attached hydrogen (secondary N) is 1. The van der Waals surface area contributed by atoms with Crippen LogP contribution in [0.5, 0.6) is 0 Å². The van der Waals surface area contributed by atoms with Crippen LogP contribution in [0.3, 0.4) is 0 Å². The van der Waals surface area contributed by atoms with Gasteiger partial charge in [-0.15, -0.1) is 0 Å². The second kappa shape index (κ2) is 7.41. The Hall–Kier alpha value is -2.38. The Kier molecular flexibility index (Phi) is 5.30. The molecule has 0 bridgehead atoms. The number of ether oxygens (including phenoxy) is 1. The molecule has 0 saturated carbocycles. The first-order chi connectivity index (χ1) is 10.3. The zero-order chi connectivity index (χ0) is 15.1. The molecule has 0 spiro atoms. The molecular weight excluding hydrogens is 267 g/mol. The average molecular weight is 284 g/mol. The van der Waals surface area contributed by atoms with Gasteiger partial charge in [-0.3, -0.25) is 0 Å². The maximum absolute atomic E-state index is 13.5. The van der Waals surface area contributed by atoms with Gasteiger partial charge in [0.2, 0.25) is 0 Å². The predicted octanol–water partition coefficient (Wildman–Crippen LogP) is 3.85. The van der Waals surface area contributed by atoms with Crippen molar-refractivity contribution in [1.82, 2.24) is 0 Å². The molecule has 2 rings (SSSR count). The molecule has 0 radical (unpaired) electrons. The van der Waals surface area contributed by atoms with E-state index < -0.39 is 5.82 Å². The second-order valence-corrected chi connectivity index (χ2v) is 4.53. The van der Waals surface area contributed by atoms with Gasteiger partial charge in [0, 0.05) is 13.2 Å². The summed E-state index contributed by atoms with van der Waals surface area (Å²) in [7, 11) is 0. The smallest absolute Gasteiger partial charge is 0.143 e. The van der Waals surface area contributed by atoms with Gasteiger partial charge < -0.3 is 10.1 Å². The van der Waals surface area contributed by atoms with E-state index in [0.717, 1.165) is 11.1 Å². The summed E-state index contributed by atoms with van der Waals surface area (Å²) < 4.78 is 19.0. The second-order valence-electron chi connectivity index (χ2n) is 4.53. The Morgan fingerprint density at radius 2 is 1.90 bits per heavy atom. The zero-order valence-electron chi connectivity index (χ0n) is 11.9. The average Bonchev–Trinajstić information content (AvgIpc) is 2.51. The Balaban J connectivity index is 2.14. The Bertz CT molecular complexity index is 649. The molecule has 0 saturated heterocycles. The lowest BCUT2D eigenvalue weighted by atomic mass is 10.1. The summed E-state index contributed by atoms with van der Waals surface area (Å²) in [6.07, 6.45) is 0. The van der Waals surface area contributed by atoms with Crippen LogP contribution in [0, 0.1) is 17.1 Å². The molecule has 3 nitrogen and oxygen atoms in total. The van der Waals surface area contributed by atoms with Gasteiger partial charge in [-0.2, -0.15) is 5.26 Å². The normalized spacial score (nSPS) is 10.1. The molecule has 4 heteroatoms. The Morgan fingerprint density at radius 1 is 1.14 bits per heavy atom. The molecule has 0 aliphatic heterocycles. The van der Waals surface area contributed by atoms with Gasteiger partial charge in [-0.25, -0.2) is 4.39 Å². The van der Waals surface area contributed by atoms with Crippen LogP contribution in [0.15, 0.2) is 42.5 Å². The van der Waals surface area contributed by atoms with E-state index in [2.05, 4.69) is 5.32 Å². The fourth-order valence-corrected chi connectivity index (χ4v) is 2.06. The van der Waals surface area contributed by atoms with E-state index in [0.29, 0.717) is 25.4 Å². The van der Waals surface area contributed by atoms with Crippen molar-refractivity contribution in [2.75, 3.05) is 11.9 Å². The van der Waals surface area contributed by atoms with Crippen molar-refractivity contribution in [2.45, 2.75) is 20.1 Å². The molecule has 0 amide bonds. The van der Waals surface area contributed by atoms with E-state index in [1.807, 2.05) is 37.3 Å². The number of nitrogens with zero attached hydrogens (tertiary/aromatic N) is 1. The lowest BCUT2D eigenvalue weighted by Gasteiger charge is -2.12. The van der Waals surface area contributed by atoms with Crippen LogP contribution >= 0.6 is 0 Å². The summed E-state index contributed by atoms with van der Waals surface area (Å²) in [6, 6.07) is 14.4. The summed E-state index contributed by atoms with van der Waals surface area (Å²) in [6.45, 7) is 3.67. The highest BCUT2D eigenvalue weighted by Gasteiger charge is 2.08. The maximum atomic E-state index is 13.5. The molecule has 0 unspecified atom stereocenters. The molecular formula is C17H17FN2O. The molecule has 2 aromatic rings. The summed E-state index contributed by atoms with van der Waals surface area (Å²) in [5.74, 6) is -0.509. The van der Waals surface area contributed by atoms with Crippen molar-refractivity contribution in [3.63, 3.8) is 0 Å². The Morgan fingerprint density at radius 3 is 2.62 bits per heavy atom. The van der Waals surface area contributed by atoms with Gasteiger partial charge >= 0.3 is 0 Å². The standard InChI is InChI=1S/C17H17FN2O/c1-2-21-12-14-7-4-3-6-13(14)11-20-17-9-5-8-16(18)15(17)10-19/h3-9,20H,2,11-12H2,1H3. The first-order valence-corrected chi connectivity index (χ1v) is 6.83. The number of hydrogen-bond donors (Lipinski definition) is 1. The molecule has 0 aliphatic carbocycles. The van der Waals surface area contributed by atoms with Crippen molar-refractivity contribution in [1.29, 1.82) is 5.26 Å². The highest BCUT2D eigenvalue weighted by Crippen LogP contribution is 2.19. The number of nitriles is 1. The molecule has 0 fully saturated rings. The van der Waals surface area contributed by atoms with Crippen molar-refractivity contribution in [3.05, 3.63) is 65.0 Å². The molecule has 0 atom stereocenters. The van der Waals surface area contributed by atoms with Crippen LogP contribution in [-0.4, -0.2) is 6.61 Å². The van der Waals surface area contributed by atoms with Gasteiger partial charge in [0.25, 0.3) is 0 Å². The number of anilines is 1. The van der Waals surface area contributed by atoms with Crippen molar-refractivity contribution >= 4 is 5.69 Å². The van der Waals surface area contributed by atoms with Crippen molar-refractivity contribution in [2.24, 2.45) is 0 Å². The number of halogens is 1. The van der Waals surface area contributed by atoms with E-state index >= 15 is 0 Å². The summed E-state index contributed by atoms with van der Waals surface area (Å²) in [5, 5.41) is 12.1. The third kappa shape index (κ3) is 3.80. The van der Waals surface area contributed by atoms with Crippen LogP contribution in [0.2, 0.25) is 0 Å². The largest absolute Gasteiger partial charge is 0.380 e. The van der Waals surface area contributed by atoms with Gasteiger partial charge in [0.05, 0.1) is 12.3 Å². The highest BCUT2D eigenvalue weighted by atomic mass is 19.1. The minimum absolute atomic E-state index is 0.0415. The third-order valence-corrected chi connectivity index (χ3v) is 3.17. The fourth-order valence-electron chi connectivity index (χ4n) is 2.06. The number of benzene rings is 2. The SMILES string of the molecule is CCOCc1ccccc1CNc1cccc(F)c1C#N. The fraction of sp³-hybridized carbons (Fsp3) is 0.235. The summed E-state index contributed by atoms with van der Waals surface area (Å²) in [4.78, 5) is 0. The number of rotatable bonds is 6. The van der Waals surface area contributed by atoms with E-state index in [1.165, 1.54) is 6.07 Å². The third-order valence-electron chi connectivity index (χ3n) is 3.17. The highest BCUT2D eigenvalue weighted by molar-refractivity contribution is 5.58. The van der Waals surface area contributed by atoms with E-state index in [1.54, 1.807) is 12.1 Å². The first kappa shape index (κ1) is 15.0. The molecule has 108 valence electrons. The van der Waals surface area contributed by atoms with Crippen LogP contribution < -0.4 is 5.32 Å². The van der Waals surface area contributed by atoms with Crippen LogP contribution in [0.1, 0.15) is 23.6 Å². The van der Waals surface area contributed by atoms with E-state index in [-0.39, 0.29) is 5.56 Å². The van der Waals surface area contributed by atoms with E-state index in [4.69, 9.17) is 10.00 Å². The minimum atomic E-state index is -0.509. The first-order valence-electron chi connectivity index (χ1n) is 6.83. The molecule has 1 N–H and O–H groups in total. The number of hydrogen-bond acceptors (Lipinski definition) is 3. The van der Waals surface area contributed by atoms with Gasteiger partial charge in [-0.05, 0) is 30.2 Å². The van der Waals surface area contributed by atoms with Crippen molar-refractivity contribution < 1.29 is 9.13 Å². The van der Waals surface area contributed by atoms with Crippen LogP contribution in [0.4, 0.5) is 10.1 Å². The van der Waals surface area contributed by atoms with Gasteiger partial charge in [0.1, 0.15) is 17.4 Å². The monoisotopic (exact) mass is 284 g/mol. The molecule has 2 aromatic carbocycles. The van der Waals surface area contributed by atoms with Gasteiger partial charge in [0.15, 0.2) is 0 Å². The maximum Gasteiger partial charge on any atom is 0.143 e. The quantitative estimate of drug-likeness (QED) is 0.876. The minimum Gasteiger partial charge on any atom is -0.380 e. The predicted molar refractivity (Wildman–Crippen MR) is 80.2 cm³/mol. The lowest BCUT2D eigenvalue weighted by molar-refractivity contribution is 0.133. The van der Waals surface area contributed by atoms with E-state index in [9.17, 15) is 4.39 Å². The van der Waals surface area contributed by atoms with Crippen molar-refractivity contribution in [3.8, 4) is 6.07 Å².